The molecule has 0 saturated carbocycles. The Balaban J connectivity index is 1.86. The summed E-state index contributed by atoms with van der Waals surface area (Å²) in [5.74, 6) is 0. The first-order chi connectivity index (χ1) is 13.3. The number of aromatic nitrogens is 3. The highest BCUT2D eigenvalue weighted by Crippen LogP contribution is 2.36. The van der Waals surface area contributed by atoms with Gasteiger partial charge in [-0.05, 0) is 62.9 Å². The molecule has 3 aromatic heterocycles. The van der Waals surface area contributed by atoms with E-state index in [2.05, 4.69) is 40.1 Å². The summed E-state index contributed by atoms with van der Waals surface area (Å²) in [5.41, 5.74) is 10.00. The van der Waals surface area contributed by atoms with Crippen molar-refractivity contribution in [1.29, 1.82) is 0 Å². The minimum absolute atomic E-state index is 0.0906. The number of aryl methyl sites for hydroxylation is 3. The van der Waals surface area contributed by atoms with Crippen molar-refractivity contribution in [2.24, 2.45) is 0 Å². The number of nitrogens with one attached hydrogen (secondary N) is 2. The van der Waals surface area contributed by atoms with Crippen molar-refractivity contribution in [2.45, 2.75) is 46.1 Å². The third-order valence-electron chi connectivity index (χ3n) is 5.26. The van der Waals surface area contributed by atoms with Crippen molar-refractivity contribution >= 4 is 22.7 Å². The topological polar surface area (TPSA) is 90.9 Å². The summed E-state index contributed by atoms with van der Waals surface area (Å²) < 4.78 is 0. The van der Waals surface area contributed by atoms with Crippen LogP contribution in [0.3, 0.4) is 0 Å². The lowest BCUT2D eigenvalue weighted by molar-refractivity contribution is 0.188. The largest absolute Gasteiger partial charge is 0.465 e. The summed E-state index contributed by atoms with van der Waals surface area (Å²) in [6.07, 6.45) is 1.23. The summed E-state index contributed by atoms with van der Waals surface area (Å²) in [5, 5.41) is 11.6. The molecule has 6 heteroatoms. The molecule has 0 aromatic carbocycles. The van der Waals surface area contributed by atoms with Gasteiger partial charge in [-0.1, -0.05) is 6.58 Å². The molecule has 3 aromatic rings. The Labute approximate surface area is 163 Å². The van der Waals surface area contributed by atoms with Crippen molar-refractivity contribution in [3.05, 3.63) is 53.0 Å². The lowest BCUT2D eigenvalue weighted by atomic mass is 9.91. The molecule has 4 rings (SSSR count). The van der Waals surface area contributed by atoms with E-state index in [0.29, 0.717) is 6.42 Å². The zero-order valence-electron chi connectivity index (χ0n) is 16.4. The number of allylic oxidation sites excluding steroid dienone is 1. The van der Waals surface area contributed by atoms with Gasteiger partial charge in [0, 0.05) is 40.7 Å². The summed E-state index contributed by atoms with van der Waals surface area (Å²) in [7, 11) is 0. The monoisotopic (exact) mass is 376 g/mol. The van der Waals surface area contributed by atoms with Gasteiger partial charge in [0.25, 0.3) is 0 Å². The molecule has 6 nitrogen and oxygen atoms in total. The Hall–Kier alpha value is -3.15. The van der Waals surface area contributed by atoms with Gasteiger partial charge < -0.3 is 15.4 Å². The maximum absolute atomic E-state index is 11.0. The van der Waals surface area contributed by atoms with Crippen LogP contribution >= 0.6 is 0 Å². The van der Waals surface area contributed by atoms with E-state index in [1.807, 2.05) is 20.8 Å². The third-order valence-corrected chi connectivity index (χ3v) is 5.26. The highest BCUT2D eigenvalue weighted by Gasteiger charge is 2.24. The highest BCUT2D eigenvalue weighted by molar-refractivity contribution is 5.97. The molecule has 0 aliphatic heterocycles. The third kappa shape index (κ3) is 3.26. The number of carboxylic acid groups (broad SMARTS) is 1. The van der Waals surface area contributed by atoms with E-state index < -0.39 is 6.09 Å². The quantitative estimate of drug-likeness (QED) is 0.632. The molecule has 0 radical (unpaired) electrons. The first-order valence-corrected chi connectivity index (χ1v) is 9.47. The molecule has 1 unspecified atom stereocenters. The number of amides is 1. The second-order valence-electron chi connectivity index (χ2n) is 7.67. The fraction of sp³-hybridized carbons (Fsp3) is 0.318. The second-order valence-corrected chi connectivity index (χ2v) is 7.67. The van der Waals surface area contributed by atoms with Gasteiger partial charge in [0.2, 0.25) is 0 Å². The van der Waals surface area contributed by atoms with Crippen LogP contribution in [0.4, 0.5) is 4.79 Å². The molecule has 1 aliphatic rings. The van der Waals surface area contributed by atoms with E-state index >= 15 is 0 Å². The Morgan fingerprint density at radius 2 is 1.96 bits per heavy atom. The predicted octanol–water partition coefficient (Wildman–Crippen LogP) is 4.40. The van der Waals surface area contributed by atoms with E-state index in [0.717, 1.165) is 63.4 Å². The van der Waals surface area contributed by atoms with E-state index in [9.17, 15) is 4.79 Å². The summed E-state index contributed by atoms with van der Waals surface area (Å²) in [6, 6.07) is 6.20. The molecule has 1 amide bonds. The van der Waals surface area contributed by atoms with Crippen LogP contribution in [0.1, 0.15) is 41.6 Å². The second kappa shape index (κ2) is 6.78. The van der Waals surface area contributed by atoms with Crippen molar-refractivity contribution in [1.82, 2.24) is 20.3 Å². The molecule has 1 atom stereocenters. The lowest BCUT2D eigenvalue weighted by Gasteiger charge is -2.23. The zero-order valence-corrected chi connectivity index (χ0v) is 16.4. The fourth-order valence-electron chi connectivity index (χ4n) is 4.16. The number of rotatable bonds is 3. The molecule has 28 heavy (non-hydrogen) atoms. The molecular formula is C22H24N4O2. The van der Waals surface area contributed by atoms with E-state index in [-0.39, 0.29) is 6.04 Å². The number of pyridine rings is 2. The molecule has 3 heterocycles. The lowest BCUT2D eigenvalue weighted by Crippen LogP contribution is -2.38. The molecule has 144 valence electrons. The average molecular weight is 376 g/mol. The normalized spacial score (nSPS) is 16.0. The molecule has 0 spiro atoms. The predicted molar refractivity (Wildman–Crippen MR) is 110 cm³/mol. The number of aromatic amines is 1. The Morgan fingerprint density at radius 3 is 2.61 bits per heavy atom. The molecular weight excluding hydrogens is 352 g/mol. The minimum Gasteiger partial charge on any atom is -0.465 e. The van der Waals surface area contributed by atoms with Gasteiger partial charge in [-0.25, -0.2) is 4.79 Å². The fourth-order valence-corrected chi connectivity index (χ4v) is 4.16. The van der Waals surface area contributed by atoms with Gasteiger partial charge in [-0.3, -0.25) is 9.97 Å². The van der Waals surface area contributed by atoms with Crippen molar-refractivity contribution < 1.29 is 9.90 Å². The van der Waals surface area contributed by atoms with Gasteiger partial charge in [0.1, 0.15) is 0 Å². The molecule has 1 aliphatic carbocycles. The number of H-pyrrole nitrogens is 1. The van der Waals surface area contributed by atoms with Gasteiger partial charge in [0.05, 0.1) is 16.7 Å². The minimum atomic E-state index is -0.982. The molecule has 0 fully saturated rings. The van der Waals surface area contributed by atoms with E-state index in [1.54, 1.807) is 0 Å². The van der Waals surface area contributed by atoms with Crippen LogP contribution in [-0.2, 0) is 12.8 Å². The summed E-state index contributed by atoms with van der Waals surface area (Å²) >= 11 is 0. The van der Waals surface area contributed by atoms with Gasteiger partial charge in [-0.15, -0.1) is 0 Å². The standard InChI is InChI=1S/C22H24N4O2/c1-11(2)19-20(15-7-12(3)23-13(4)8-15)26-18-9-14-5-6-16(24-22(27)28)10-17(14)25-21(18)19/h7-9,16,24,26H,1,5-6,10H2,2-4H3,(H,27,28). The number of nitrogens with zero attached hydrogens (tertiary/aromatic N) is 2. The number of fused-ring (bicyclic) bond motifs is 2. The Kier molecular flexibility index (Phi) is 4.41. The molecule has 3 N–H and O–H groups in total. The highest BCUT2D eigenvalue weighted by atomic mass is 16.4. The van der Waals surface area contributed by atoms with Crippen LogP contribution in [0.15, 0.2) is 24.8 Å². The summed E-state index contributed by atoms with van der Waals surface area (Å²) in [4.78, 5) is 24.0. The maximum atomic E-state index is 11.0. The van der Waals surface area contributed by atoms with Crippen LogP contribution in [0.25, 0.3) is 27.9 Å². The number of hydrogen-bond donors (Lipinski definition) is 3. The smallest absolute Gasteiger partial charge is 0.404 e. The first kappa shape index (κ1) is 18.2. The van der Waals surface area contributed by atoms with E-state index in [1.165, 1.54) is 5.56 Å². The number of hydrogen-bond acceptors (Lipinski definition) is 3. The van der Waals surface area contributed by atoms with Crippen molar-refractivity contribution in [3.8, 4) is 11.3 Å². The van der Waals surface area contributed by atoms with Crippen molar-refractivity contribution in [3.63, 3.8) is 0 Å². The van der Waals surface area contributed by atoms with Crippen LogP contribution in [-0.4, -0.2) is 32.2 Å². The average Bonchev–Trinajstić information content (AvgIpc) is 2.97. The summed E-state index contributed by atoms with van der Waals surface area (Å²) in [6.45, 7) is 10.2. The maximum Gasteiger partial charge on any atom is 0.404 e. The molecule has 0 saturated heterocycles. The van der Waals surface area contributed by atoms with E-state index in [4.69, 9.17) is 10.1 Å². The first-order valence-electron chi connectivity index (χ1n) is 9.47. The van der Waals surface area contributed by atoms with Crippen LogP contribution in [0.5, 0.6) is 0 Å². The van der Waals surface area contributed by atoms with Crippen LogP contribution < -0.4 is 5.32 Å². The number of carbonyl (C=O) groups is 1. The van der Waals surface area contributed by atoms with Crippen LogP contribution in [0.2, 0.25) is 0 Å². The zero-order chi connectivity index (χ0) is 20.0. The Bertz CT molecular complexity index is 1090. The van der Waals surface area contributed by atoms with Gasteiger partial charge in [0.15, 0.2) is 0 Å². The molecule has 0 bridgehead atoms. The van der Waals surface area contributed by atoms with Crippen molar-refractivity contribution in [2.75, 3.05) is 0 Å². The van der Waals surface area contributed by atoms with Crippen LogP contribution in [0, 0.1) is 13.8 Å². The Morgan fingerprint density at radius 1 is 1.25 bits per heavy atom. The van der Waals surface area contributed by atoms with Gasteiger partial charge in [-0.2, -0.15) is 0 Å². The van der Waals surface area contributed by atoms with Gasteiger partial charge >= 0.3 is 6.09 Å². The SMILES string of the molecule is C=C(C)c1c(-c2cc(C)nc(C)c2)[nH]c2cc3c(nc12)CC(NC(=O)O)CC3.